The third-order valence-corrected chi connectivity index (χ3v) is 15.5. The lowest BCUT2D eigenvalue weighted by Gasteiger charge is -2.26. The number of halogens is 1. The van der Waals surface area contributed by atoms with Crippen molar-refractivity contribution >= 4 is 28.0 Å². The maximum absolute atomic E-state index is 5.90. The Morgan fingerprint density at radius 1 is 1.57 bits per heavy atom. The Bertz CT molecular complexity index is 60.7. The predicted molar refractivity (Wildman–Crippen MR) is 40.2 cm³/mol. The molecule has 0 amide bonds. The molecule has 7 heavy (non-hydrogen) atoms. The van der Waals surface area contributed by atoms with Gasteiger partial charge < -0.3 is 0 Å². The van der Waals surface area contributed by atoms with E-state index in [2.05, 4.69) is 6.92 Å². The van der Waals surface area contributed by atoms with E-state index in [0.717, 1.165) is 0 Å². The van der Waals surface area contributed by atoms with E-state index in [-0.39, 0.29) is 8.80 Å². The average Bonchev–Trinajstić information content (AvgIpc) is 1.58. The molecule has 1 aliphatic heterocycles. The molecule has 0 N–H and O–H groups in total. The molecule has 1 fully saturated rings. The minimum Gasteiger partial charge on any atom is -0.172 e. The predicted octanol–water partition coefficient (Wildman–Crippen LogP) is 1.29. The van der Waals surface area contributed by atoms with Crippen molar-refractivity contribution in [1.82, 2.24) is 0 Å². The Hall–Kier alpha value is 0.724. The highest BCUT2D eigenvalue weighted by molar-refractivity contribution is 7.20. The molecule has 0 spiro atoms. The van der Waals surface area contributed by atoms with Crippen LogP contribution in [0.2, 0.25) is 17.4 Å². The Morgan fingerprint density at radius 3 is 2.29 bits per heavy atom. The molecule has 0 aromatic rings. The van der Waals surface area contributed by atoms with Crippen molar-refractivity contribution in [3.63, 3.8) is 0 Å². The van der Waals surface area contributed by atoms with Crippen LogP contribution in [-0.2, 0) is 0 Å². The molecule has 0 unspecified atom stereocenters. The fourth-order valence-electron chi connectivity index (χ4n) is 0.988. The first-order valence-electron chi connectivity index (χ1n) is 2.97. The fourth-order valence-corrected chi connectivity index (χ4v) is 13.4. The minimum atomic E-state index is -0.511. The van der Waals surface area contributed by atoms with E-state index >= 15 is 0 Å². The van der Waals surface area contributed by atoms with E-state index in [1.54, 1.807) is 0 Å². The Labute approximate surface area is 52.8 Å². The summed E-state index contributed by atoms with van der Waals surface area (Å²) in [5.74, 6) is 0. The van der Waals surface area contributed by atoms with Gasteiger partial charge in [-0.3, -0.25) is 0 Å². The molecule has 1 heterocycles. The normalized spacial score (nSPS) is 40.3. The van der Waals surface area contributed by atoms with Gasteiger partial charge in [0, 0.05) is 8.80 Å². The van der Waals surface area contributed by atoms with Crippen LogP contribution in [0.5, 0.6) is 0 Å². The lowest BCUT2D eigenvalue weighted by Crippen LogP contribution is -2.34. The molecular formula is C4H11ClSi2. The van der Waals surface area contributed by atoms with Gasteiger partial charge in [0.25, 0.3) is 0 Å². The molecule has 0 saturated carbocycles. The zero-order chi connectivity index (χ0) is 5.28. The molecule has 42 valence electrons. The molecule has 3 heteroatoms. The van der Waals surface area contributed by atoms with E-state index < -0.39 is 8.11 Å². The molecule has 0 atom stereocenters. The second-order valence-corrected chi connectivity index (χ2v) is 11.7. The molecule has 0 aliphatic carbocycles. The van der Waals surface area contributed by atoms with Gasteiger partial charge in [-0.1, -0.05) is 24.3 Å². The zero-order valence-electron chi connectivity index (χ0n) is 4.65. The van der Waals surface area contributed by atoms with E-state index in [4.69, 9.17) is 11.1 Å². The van der Waals surface area contributed by atoms with Crippen molar-refractivity contribution < 1.29 is 0 Å². The molecule has 0 radical (unpaired) electrons. The van der Waals surface area contributed by atoms with Crippen molar-refractivity contribution in [2.75, 3.05) is 0 Å². The average molecular weight is 151 g/mol. The van der Waals surface area contributed by atoms with Crippen LogP contribution in [0.3, 0.4) is 0 Å². The van der Waals surface area contributed by atoms with E-state index in [1.165, 1.54) is 17.4 Å². The third-order valence-electron chi connectivity index (χ3n) is 1.76. The standard InChI is InChI=1S/C4H11ClSi2/c1-2-6-3-7(5)4-6/h6-7H,2-4H2,1H3. The molecular weight excluding hydrogens is 140 g/mol. The van der Waals surface area contributed by atoms with E-state index in [9.17, 15) is 0 Å². The summed E-state index contributed by atoms with van der Waals surface area (Å²) < 4.78 is 0. The van der Waals surface area contributed by atoms with Gasteiger partial charge in [0.05, 0.1) is 0 Å². The molecule has 0 bridgehead atoms. The molecule has 0 nitrogen and oxygen atoms in total. The van der Waals surface area contributed by atoms with Crippen molar-refractivity contribution in [2.24, 2.45) is 0 Å². The quantitative estimate of drug-likeness (QED) is 0.391. The smallest absolute Gasteiger partial charge is 0.135 e. The van der Waals surface area contributed by atoms with E-state index in [1.807, 2.05) is 0 Å². The summed E-state index contributed by atoms with van der Waals surface area (Å²) in [6.07, 6.45) is 0. The SMILES string of the molecule is CC[SiH]1C[SiH](Cl)C1. The Kier molecular flexibility index (Phi) is 1.95. The summed E-state index contributed by atoms with van der Waals surface area (Å²) in [6.45, 7) is 2.31. The summed E-state index contributed by atoms with van der Waals surface area (Å²) >= 11 is 5.90. The molecule has 0 aromatic carbocycles. The number of hydrogen-bond acceptors (Lipinski definition) is 0. The zero-order valence-corrected chi connectivity index (χ0v) is 7.72. The van der Waals surface area contributed by atoms with Gasteiger partial charge in [-0.05, 0) is 0 Å². The van der Waals surface area contributed by atoms with Gasteiger partial charge in [-0.25, -0.2) is 0 Å². The van der Waals surface area contributed by atoms with Gasteiger partial charge >= 0.3 is 0 Å². The molecule has 0 aromatic heterocycles. The number of rotatable bonds is 1. The highest BCUT2D eigenvalue weighted by Crippen LogP contribution is 2.24. The second kappa shape index (κ2) is 2.33. The highest BCUT2D eigenvalue weighted by Gasteiger charge is 2.27. The van der Waals surface area contributed by atoms with Crippen LogP contribution in [0.25, 0.3) is 0 Å². The summed E-state index contributed by atoms with van der Waals surface area (Å²) in [4.78, 5) is 0. The maximum atomic E-state index is 5.90. The maximum Gasteiger partial charge on any atom is 0.135 e. The van der Waals surface area contributed by atoms with Crippen LogP contribution in [0.4, 0.5) is 0 Å². The first kappa shape index (κ1) is 5.85. The van der Waals surface area contributed by atoms with Gasteiger partial charge in [0.1, 0.15) is 8.11 Å². The number of hydrogen-bond donors (Lipinski definition) is 0. The fraction of sp³-hybridized carbons (Fsp3) is 1.00. The summed E-state index contributed by atoms with van der Waals surface area (Å²) in [5, 5.41) is 0. The van der Waals surface area contributed by atoms with Crippen LogP contribution in [0, 0.1) is 0 Å². The van der Waals surface area contributed by atoms with Crippen molar-refractivity contribution in [3.8, 4) is 0 Å². The molecule has 1 saturated heterocycles. The van der Waals surface area contributed by atoms with Gasteiger partial charge in [-0.2, -0.15) is 11.1 Å². The summed E-state index contributed by atoms with van der Waals surface area (Å²) in [6, 6.07) is 1.50. The van der Waals surface area contributed by atoms with Crippen molar-refractivity contribution in [1.29, 1.82) is 0 Å². The summed E-state index contributed by atoms with van der Waals surface area (Å²) in [5.41, 5.74) is 3.08. The lowest BCUT2D eigenvalue weighted by atomic mass is 11.0. The van der Waals surface area contributed by atoms with Crippen LogP contribution < -0.4 is 0 Å². The largest absolute Gasteiger partial charge is 0.172 e. The van der Waals surface area contributed by atoms with Gasteiger partial charge in [0.15, 0.2) is 0 Å². The first-order chi connectivity index (χ1) is 3.33. The molecule has 1 aliphatic rings. The van der Waals surface area contributed by atoms with Crippen LogP contribution in [-0.4, -0.2) is 16.9 Å². The van der Waals surface area contributed by atoms with Crippen LogP contribution >= 0.6 is 11.1 Å². The minimum absolute atomic E-state index is 0.108. The Balaban J connectivity index is 2.06. The second-order valence-electron chi connectivity index (χ2n) is 2.34. The molecule has 1 rings (SSSR count). The third kappa shape index (κ3) is 1.30. The Morgan fingerprint density at radius 2 is 2.14 bits per heavy atom. The van der Waals surface area contributed by atoms with Crippen LogP contribution in [0.1, 0.15) is 6.92 Å². The first-order valence-corrected chi connectivity index (χ1v) is 8.79. The lowest BCUT2D eigenvalue weighted by molar-refractivity contribution is 1.35. The van der Waals surface area contributed by atoms with Crippen molar-refractivity contribution in [2.45, 2.75) is 24.3 Å². The monoisotopic (exact) mass is 150 g/mol. The topological polar surface area (TPSA) is 0 Å². The van der Waals surface area contributed by atoms with Gasteiger partial charge in [-0.15, -0.1) is 0 Å². The summed E-state index contributed by atoms with van der Waals surface area (Å²) in [7, 11) is -0.619. The van der Waals surface area contributed by atoms with Gasteiger partial charge in [0.2, 0.25) is 0 Å². The van der Waals surface area contributed by atoms with E-state index in [0.29, 0.717) is 0 Å². The van der Waals surface area contributed by atoms with Crippen molar-refractivity contribution in [3.05, 3.63) is 0 Å². The highest BCUT2D eigenvalue weighted by atomic mass is 35.6. The van der Waals surface area contributed by atoms with Crippen LogP contribution in [0.15, 0.2) is 0 Å².